The highest BCUT2D eigenvalue weighted by Gasteiger charge is 2.05. The Morgan fingerprint density at radius 3 is 3.18 bits per heavy atom. The Morgan fingerprint density at radius 2 is 2.64 bits per heavy atom. The smallest absolute Gasteiger partial charge is 0.219 e. The van der Waals surface area contributed by atoms with E-state index in [1.807, 2.05) is 0 Å². The predicted molar refractivity (Wildman–Crippen MR) is 46.6 cm³/mol. The van der Waals surface area contributed by atoms with E-state index in [9.17, 15) is 4.79 Å². The van der Waals surface area contributed by atoms with Crippen LogP contribution in [-0.2, 0) is 4.79 Å². The molecule has 4 nitrogen and oxygen atoms in total. The normalized spacial score (nSPS) is 16.2. The highest BCUT2D eigenvalue weighted by atomic mass is 32.2. The van der Waals surface area contributed by atoms with E-state index < -0.39 is 0 Å². The minimum atomic E-state index is -0.277. The van der Waals surface area contributed by atoms with Gasteiger partial charge in [-0.1, -0.05) is 11.8 Å². The Kier molecular flexibility index (Phi) is 3.22. The van der Waals surface area contributed by atoms with Gasteiger partial charge in [-0.3, -0.25) is 9.79 Å². The van der Waals surface area contributed by atoms with E-state index in [-0.39, 0.29) is 5.91 Å². The van der Waals surface area contributed by atoms with Crippen LogP contribution in [0, 0.1) is 0 Å². The van der Waals surface area contributed by atoms with Gasteiger partial charge in [-0.25, -0.2) is 0 Å². The summed E-state index contributed by atoms with van der Waals surface area (Å²) in [6.45, 7) is 1.48. The van der Waals surface area contributed by atoms with Crippen LogP contribution in [0.4, 0.5) is 0 Å². The summed E-state index contributed by atoms with van der Waals surface area (Å²) in [6, 6.07) is 0. The van der Waals surface area contributed by atoms with Gasteiger partial charge in [0.05, 0.1) is 6.54 Å². The van der Waals surface area contributed by atoms with Crippen LogP contribution < -0.4 is 11.1 Å². The minimum absolute atomic E-state index is 0.277. The average molecular weight is 173 g/mol. The number of hydrogen-bond acceptors (Lipinski definition) is 4. The number of amidine groups is 1. The highest BCUT2D eigenvalue weighted by Crippen LogP contribution is 2.08. The highest BCUT2D eigenvalue weighted by molar-refractivity contribution is 8.14. The van der Waals surface area contributed by atoms with Crippen molar-refractivity contribution in [1.29, 1.82) is 0 Å². The molecule has 0 aromatic carbocycles. The van der Waals surface area contributed by atoms with Gasteiger partial charge in [0.1, 0.15) is 0 Å². The van der Waals surface area contributed by atoms with E-state index in [1.54, 1.807) is 11.8 Å². The standard InChI is InChI=1S/C6H11N3OS/c7-5(10)1-2-8-6-9-3-4-11-6/h1-4H2,(H2,7,10)(H,8,9). The van der Waals surface area contributed by atoms with Gasteiger partial charge in [-0.2, -0.15) is 0 Å². The van der Waals surface area contributed by atoms with Crippen LogP contribution >= 0.6 is 11.8 Å². The molecule has 0 aliphatic carbocycles. The van der Waals surface area contributed by atoms with E-state index in [0.29, 0.717) is 13.0 Å². The second-order valence-corrected chi connectivity index (χ2v) is 3.26. The summed E-state index contributed by atoms with van der Waals surface area (Å²) in [7, 11) is 0. The number of primary amides is 1. The van der Waals surface area contributed by atoms with Crippen LogP contribution in [0.1, 0.15) is 6.42 Å². The number of aliphatic imine (C=N–C) groups is 1. The second kappa shape index (κ2) is 4.23. The number of carbonyl (C=O) groups excluding carboxylic acids is 1. The van der Waals surface area contributed by atoms with E-state index in [1.165, 1.54) is 0 Å². The minimum Gasteiger partial charge on any atom is -0.370 e. The van der Waals surface area contributed by atoms with Crippen LogP contribution in [0.3, 0.4) is 0 Å². The summed E-state index contributed by atoms with van der Waals surface area (Å²) < 4.78 is 0. The van der Waals surface area contributed by atoms with Crippen molar-refractivity contribution in [2.75, 3.05) is 18.8 Å². The van der Waals surface area contributed by atoms with E-state index in [4.69, 9.17) is 5.73 Å². The molecule has 11 heavy (non-hydrogen) atoms. The third kappa shape index (κ3) is 3.27. The number of nitrogens with one attached hydrogen (secondary N) is 1. The van der Waals surface area contributed by atoms with E-state index in [0.717, 1.165) is 17.5 Å². The molecule has 0 spiro atoms. The first kappa shape index (κ1) is 8.39. The lowest BCUT2D eigenvalue weighted by Crippen LogP contribution is -2.24. The average Bonchev–Trinajstić information content (AvgIpc) is 2.39. The SMILES string of the molecule is NC(=O)CCNC1=NCCS1. The van der Waals surface area contributed by atoms with Gasteiger partial charge < -0.3 is 11.1 Å². The Labute approximate surface area is 69.6 Å². The first-order valence-electron chi connectivity index (χ1n) is 3.48. The summed E-state index contributed by atoms with van der Waals surface area (Å²) in [4.78, 5) is 14.5. The molecule has 1 rings (SSSR count). The lowest BCUT2D eigenvalue weighted by molar-refractivity contribution is -0.117. The molecule has 0 unspecified atom stereocenters. The Balaban J connectivity index is 2.07. The van der Waals surface area contributed by atoms with Crippen LogP contribution in [-0.4, -0.2) is 29.9 Å². The molecule has 0 aromatic heterocycles. The summed E-state index contributed by atoms with van der Waals surface area (Å²) in [5, 5.41) is 3.96. The summed E-state index contributed by atoms with van der Waals surface area (Å²) in [5.74, 6) is 0.764. The molecule has 3 N–H and O–H groups in total. The molecule has 1 amide bonds. The van der Waals surface area contributed by atoms with E-state index >= 15 is 0 Å². The lowest BCUT2D eigenvalue weighted by atomic mass is 10.4. The quantitative estimate of drug-likeness (QED) is 0.607. The van der Waals surface area contributed by atoms with Crippen molar-refractivity contribution in [1.82, 2.24) is 5.32 Å². The molecule has 0 bridgehead atoms. The Hall–Kier alpha value is -0.710. The van der Waals surface area contributed by atoms with Crippen molar-refractivity contribution >= 4 is 22.8 Å². The van der Waals surface area contributed by atoms with Gasteiger partial charge in [0, 0.05) is 18.7 Å². The summed E-state index contributed by atoms with van der Waals surface area (Å²) in [6.07, 6.45) is 0.375. The molecule has 0 radical (unpaired) electrons. The fourth-order valence-corrected chi connectivity index (χ4v) is 1.50. The Bertz CT molecular complexity index is 181. The lowest BCUT2D eigenvalue weighted by Gasteiger charge is -2.01. The number of amides is 1. The maximum absolute atomic E-state index is 10.3. The van der Waals surface area contributed by atoms with Gasteiger partial charge in [-0.05, 0) is 0 Å². The van der Waals surface area contributed by atoms with Crippen LogP contribution in [0.5, 0.6) is 0 Å². The van der Waals surface area contributed by atoms with Gasteiger partial charge in [-0.15, -0.1) is 0 Å². The molecule has 0 saturated carbocycles. The largest absolute Gasteiger partial charge is 0.370 e. The third-order valence-corrected chi connectivity index (χ3v) is 2.17. The van der Waals surface area contributed by atoms with Gasteiger partial charge in [0.25, 0.3) is 0 Å². The number of hydrogen-bond donors (Lipinski definition) is 2. The molecule has 1 heterocycles. The Morgan fingerprint density at radius 1 is 1.82 bits per heavy atom. The fourth-order valence-electron chi connectivity index (χ4n) is 0.735. The molecule has 0 atom stereocenters. The second-order valence-electron chi connectivity index (χ2n) is 2.18. The molecule has 5 heteroatoms. The van der Waals surface area contributed by atoms with Gasteiger partial charge in [0.2, 0.25) is 5.91 Å². The van der Waals surface area contributed by atoms with Gasteiger partial charge >= 0.3 is 0 Å². The van der Waals surface area contributed by atoms with Crippen LogP contribution in [0.25, 0.3) is 0 Å². The number of carbonyl (C=O) groups is 1. The van der Waals surface area contributed by atoms with Crippen LogP contribution in [0.15, 0.2) is 4.99 Å². The molecular weight excluding hydrogens is 162 g/mol. The van der Waals surface area contributed by atoms with Crippen LogP contribution in [0.2, 0.25) is 0 Å². The topological polar surface area (TPSA) is 67.5 Å². The van der Waals surface area contributed by atoms with Crippen molar-refractivity contribution < 1.29 is 4.79 Å². The summed E-state index contributed by atoms with van der Waals surface area (Å²) >= 11 is 1.68. The number of rotatable bonds is 3. The third-order valence-electron chi connectivity index (χ3n) is 1.23. The first-order valence-corrected chi connectivity index (χ1v) is 4.47. The zero-order valence-electron chi connectivity index (χ0n) is 6.17. The maximum Gasteiger partial charge on any atom is 0.219 e. The zero-order valence-corrected chi connectivity index (χ0v) is 6.99. The number of thioether (sulfide) groups is 1. The predicted octanol–water partition coefficient (Wildman–Crippen LogP) is -0.446. The fraction of sp³-hybridized carbons (Fsp3) is 0.667. The zero-order chi connectivity index (χ0) is 8.10. The van der Waals surface area contributed by atoms with Crippen molar-refractivity contribution in [3.63, 3.8) is 0 Å². The number of nitrogens with zero attached hydrogens (tertiary/aromatic N) is 1. The molecule has 0 aromatic rings. The van der Waals surface area contributed by atoms with Crippen molar-refractivity contribution in [3.05, 3.63) is 0 Å². The molecule has 1 aliphatic rings. The first-order chi connectivity index (χ1) is 5.29. The molecule has 0 fully saturated rings. The monoisotopic (exact) mass is 173 g/mol. The van der Waals surface area contributed by atoms with Crippen molar-refractivity contribution in [2.45, 2.75) is 6.42 Å². The van der Waals surface area contributed by atoms with Crippen molar-refractivity contribution in [3.8, 4) is 0 Å². The molecule has 1 aliphatic heterocycles. The maximum atomic E-state index is 10.3. The summed E-state index contributed by atoms with van der Waals surface area (Å²) in [5.41, 5.74) is 4.95. The number of nitrogens with two attached hydrogens (primary N) is 1. The van der Waals surface area contributed by atoms with E-state index in [2.05, 4.69) is 10.3 Å². The van der Waals surface area contributed by atoms with Crippen molar-refractivity contribution in [2.24, 2.45) is 10.7 Å². The molecule has 0 saturated heterocycles. The van der Waals surface area contributed by atoms with Gasteiger partial charge in [0.15, 0.2) is 5.17 Å². The molecular formula is C6H11N3OS. The molecule has 62 valence electrons.